The number of nitro groups is 1. The van der Waals surface area contributed by atoms with E-state index in [1.165, 1.54) is 12.1 Å². The van der Waals surface area contributed by atoms with E-state index in [1.807, 2.05) is 0 Å². The van der Waals surface area contributed by atoms with Gasteiger partial charge in [-0.1, -0.05) is 6.07 Å². The summed E-state index contributed by atoms with van der Waals surface area (Å²) in [4.78, 5) is 22.9. The number of ether oxygens (including phenoxy) is 2. The molecular formula is C18H11F2N3O5. The van der Waals surface area contributed by atoms with Crippen molar-refractivity contribution in [2.24, 2.45) is 0 Å². The fourth-order valence-corrected chi connectivity index (χ4v) is 2.46. The number of nitro benzene ring substituents is 1. The van der Waals surface area contributed by atoms with E-state index in [2.05, 4.69) is 5.32 Å². The second-order valence-electron chi connectivity index (χ2n) is 5.53. The molecule has 28 heavy (non-hydrogen) atoms. The third-order valence-electron chi connectivity index (χ3n) is 3.76. The number of rotatable bonds is 4. The van der Waals surface area contributed by atoms with Crippen molar-refractivity contribution in [1.82, 2.24) is 0 Å². The third-order valence-corrected chi connectivity index (χ3v) is 3.76. The highest BCUT2D eigenvalue weighted by Gasteiger charge is 2.24. The van der Waals surface area contributed by atoms with Gasteiger partial charge in [0.2, 0.25) is 0 Å². The number of anilines is 1. The number of nitrogens with one attached hydrogen (secondary N) is 1. The highest BCUT2D eigenvalue weighted by Crippen LogP contribution is 2.39. The van der Waals surface area contributed by atoms with Crippen LogP contribution in [-0.4, -0.2) is 24.0 Å². The second kappa shape index (κ2) is 7.71. The Hall–Kier alpha value is -4.00. The zero-order chi connectivity index (χ0) is 20.3. The Morgan fingerprint density at radius 1 is 1.21 bits per heavy atom. The standard InChI is InChI=1S/C18H11F2N3O5/c19-12-2-1-3-13(20)11(12)6-10(9-21)18(24)22-14-7-16-17(28-5-4-27-16)8-15(14)23(25)26/h1-3,6-8H,4-5H2,(H,22,24)/b10-6+. The number of carbonyl (C=O) groups is 1. The summed E-state index contributed by atoms with van der Waals surface area (Å²) in [5, 5.41) is 22.7. The van der Waals surface area contributed by atoms with Crippen LogP contribution in [0.4, 0.5) is 20.2 Å². The number of halogens is 2. The van der Waals surface area contributed by atoms with Crippen molar-refractivity contribution in [2.75, 3.05) is 18.5 Å². The quantitative estimate of drug-likeness (QED) is 0.373. The lowest BCUT2D eigenvalue weighted by Gasteiger charge is -2.19. The molecule has 1 aliphatic rings. The molecular weight excluding hydrogens is 376 g/mol. The van der Waals surface area contributed by atoms with E-state index in [9.17, 15) is 29.0 Å². The Labute approximate surface area is 156 Å². The van der Waals surface area contributed by atoms with E-state index < -0.39 is 39.3 Å². The zero-order valence-electron chi connectivity index (χ0n) is 14.1. The van der Waals surface area contributed by atoms with Gasteiger partial charge in [-0.15, -0.1) is 0 Å². The van der Waals surface area contributed by atoms with E-state index in [0.717, 1.165) is 30.3 Å². The van der Waals surface area contributed by atoms with Gasteiger partial charge in [-0.2, -0.15) is 5.26 Å². The number of hydrogen-bond acceptors (Lipinski definition) is 6. The molecule has 0 aromatic heterocycles. The number of fused-ring (bicyclic) bond motifs is 1. The van der Waals surface area contributed by atoms with Gasteiger partial charge in [0.15, 0.2) is 11.5 Å². The van der Waals surface area contributed by atoms with Gasteiger partial charge in [0, 0.05) is 11.6 Å². The van der Waals surface area contributed by atoms with E-state index in [1.54, 1.807) is 0 Å². The summed E-state index contributed by atoms with van der Waals surface area (Å²) in [6, 6.07) is 6.85. The van der Waals surface area contributed by atoms with Gasteiger partial charge in [-0.3, -0.25) is 14.9 Å². The lowest BCUT2D eigenvalue weighted by atomic mass is 10.1. The fraction of sp³-hybridized carbons (Fsp3) is 0.111. The minimum atomic E-state index is -1.08. The van der Waals surface area contributed by atoms with Crippen LogP contribution in [0.3, 0.4) is 0 Å². The summed E-state index contributed by atoms with van der Waals surface area (Å²) in [5.41, 5.74) is -1.97. The van der Waals surface area contributed by atoms with E-state index in [-0.39, 0.29) is 30.4 Å². The lowest BCUT2D eigenvalue weighted by molar-refractivity contribution is -0.384. The number of nitriles is 1. The summed E-state index contributed by atoms with van der Waals surface area (Å²) in [6.45, 7) is 0.430. The second-order valence-corrected chi connectivity index (χ2v) is 5.53. The maximum Gasteiger partial charge on any atom is 0.296 e. The minimum absolute atomic E-state index is 0.139. The molecule has 0 saturated heterocycles. The van der Waals surface area contributed by atoms with Crippen molar-refractivity contribution in [3.05, 3.63) is 63.2 Å². The summed E-state index contributed by atoms with van der Waals surface area (Å²) < 4.78 is 38.1. The van der Waals surface area contributed by atoms with Crippen LogP contribution in [0, 0.1) is 33.1 Å². The maximum absolute atomic E-state index is 13.8. The monoisotopic (exact) mass is 387 g/mol. The van der Waals surface area contributed by atoms with Crippen LogP contribution < -0.4 is 14.8 Å². The highest BCUT2D eigenvalue weighted by atomic mass is 19.1. The summed E-state index contributed by atoms with van der Waals surface area (Å²) >= 11 is 0. The molecule has 10 heteroatoms. The van der Waals surface area contributed by atoms with Gasteiger partial charge in [-0.05, 0) is 18.2 Å². The zero-order valence-corrected chi connectivity index (χ0v) is 14.1. The third kappa shape index (κ3) is 3.73. The van der Waals surface area contributed by atoms with Crippen LogP contribution in [0.5, 0.6) is 11.5 Å². The van der Waals surface area contributed by atoms with Gasteiger partial charge in [0.05, 0.1) is 11.0 Å². The molecule has 2 aromatic rings. The van der Waals surface area contributed by atoms with Gasteiger partial charge in [-0.25, -0.2) is 8.78 Å². The van der Waals surface area contributed by atoms with E-state index >= 15 is 0 Å². The molecule has 2 aromatic carbocycles. The Morgan fingerprint density at radius 3 is 2.39 bits per heavy atom. The van der Waals surface area contributed by atoms with Crippen LogP contribution >= 0.6 is 0 Å². The van der Waals surface area contributed by atoms with Crippen molar-refractivity contribution >= 4 is 23.4 Å². The molecule has 0 bridgehead atoms. The summed E-state index contributed by atoms with van der Waals surface area (Å²) in [5.74, 6) is -2.70. The molecule has 1 heterocycles. The largest absolute Gasteiger partial charge is 0.486 e. The number of amides is 1. The Morgan fingerprint density at radius 2 is 1.82 bits per heavy atom. The molecule has 0 spiro atoms. The predicted molar refractivity (Wildman–Crippen MR) is 92.7 cm³/mol. The number of nitrogens with zero attached hydrogens (tertiary/aromatic N) is 2. The molecule has 3 rings (SSSR count). The summed E-state index contributed by atoms with van der Waals surface area (Å²) in [6.07, 6.45) is 0.726. The topological polar surface area (TPSA) is 114 Å². The molecule has 0 saturated carbocycles. The van der Waals surface area contributed by atoms with Crippen molar-refractivity contribution in [1.29, 1.82) is 5.26 Å². The molecule has 0 atom stereocenters. The highest BCUT2D eigenvalue weighted by molar-refractivity contribution is 6.10. The van der Waals surface area contributed by atoms with Crippen LogP contribution in [0.2, 0.25) is 0 Å². The molecule has 8 nitrogen and oxygen atoms in total. The molecule has 0 unspecified atom stereocenters. The normalized spacial score (nSPS) is 12.8. The molecule has 0 radical (unpaired) electrons. The van der Waals surface area contributed by atoms with Crippen molar-refractivity contribution in [3.63, 3.8) is 0 Å². The van der Waals surface area contributed by atoms with E-state index in [0.29, 0.717) is 0 Å². The molecule has 0 aliphatic carbocycles. The smallest absolute Gasteiger partial charge is 0.296 e. The first-order valence-corrected chi connectivity index (χ1v) is 7.86. The molecule has 1 N–H and O–H groups in total. The first kappa shape index (κ1) is 18.8. The Kier molecular flexibility index (Phi) is 5.17. The van der Waals surface area contributed by atoms with Crippen LogP contribution in [0.1, 0.15) is 5.56 Å². The first-order valence-electron chi connectivity index (χ1n) is 7.86. The average molecular weight is 387 g/mol. The molecule has 1 amide bonds. The number of carbonyl (C=O) groups excluding carboxylic acids is 1. The fourth-order valence-electron chi connectivity index (χ4n) is 2.46. The molecule has 142 valence electrons. The van der Waals surface area contributed by atoms with Crippen LogP contribution in [0.15, 0.2) is 35.9 Å². The average Bonchev–Trinajstić information content (AvgIpc) is 2.67. The van der Waals surface area contributed by atoms with Gasteiger partial charge < -0.3 is 14.8 Å². The Balaban J connectivity index is 1.96. The number of benzene rings is 2. The van der Waals surface area contributed by atoms with Crippen LogP contribution in [-0.2, 0) is 4.79 Å². The number of hydrogen-bond donors (Lipinski definition) is 1. The molecule has 1 aliphatic heterocycles. The predicted octanol–water partition coefficient (Wildman–Crippen LogP) is 3.19. The van der Waals surface area contributed by atoms with Crippen molar-refractivity contribution in [3.8, 4) is 17.6 Å². The SMILES string of the molecule is N#C/C(=C\c1c(F)cccc1F)C(=O)Nc1cc2c(cc1[N+](=O)[O-])OCCO2. The van der Waals surface area contributed by atoms with E-state index in [4.69, 9.17) is 9.47 Å². The van der Waals surface area contributed by atoms with Crippen molar-refractivity contribution < 1.29 is 28.0 Å². The van der Waals surface area contributed by atoms with Gasteiger partial charge in [0.1, 0.15) is 42.2 Å². The van der Waals surface area contributed by atoms with Gasteiger partial charge >= 0.3 is 0 Å². The van der Waals surface area contributed by atoms with Crippen molar-refractivity contribution in [2.45, 2.75) is 0 Å². The molecule has 0 fully saturated rings. The maximum atomic E-state index is 13.8. The summed E-state index contributed by atoms with van der Waals surface area (Å²) in [7, 11) is 0. The lowest BCUT2D eigenvalue weighted by Crippen LogP contribution is -2.18. The van der Waals surface area contributed by atoms with Gasteiger partial charge in [0.25, 0.3) is 11.6 Å². The Bertz CT molecular complexity index is 1030. The minimum Gasteiger partial charge on any atom is -0.486 e. The first-order chi connectivity index (χ1) is 13.4. The van der Waals surface area contributed by atoms with Crippen LogP contribution in [0.25, 0.3) is 6.08 Å².